The number of carbonyl (C=O) groups is 1. The highest BCUT2D eigenvalue weighted by Crippen LogP contribution is 2.25. The topological polar surface area (TPSA) is 78.3 Å². The molecule has 0 aliphatic carbocycles. The molecule has 1 aromatic heterocycles. The molecule has 0 amide bonds. The molecule has 0 saturated heterocycles. The second kappa shape index (κ2) is 4.25. The van der Waals surface area contributed by atoms with Crippen LogP contribution in [0.25, 0.3) is 0 Å². The fraction of sp³-hybridized carbons (Fsp3) is 0.375. The lowest BCUT2D eigenvalue weighted by atomic mass is 10.3. The molecule has 1 rings (SSSR count). The van der Waals surface area contributed by atoms with E-state index in [1.807, 2.05) is 0 Å². The highest BCUT2D eigenvalue weighted by Gasteiger charge is 2.13. The van der Waals surface area contributed by atoms with Gasteiger partial charge in [0.05, 0.1) is 12.2 Å². The van der Waals surface area contributed by atoms with Crippen molar-refractivity contribution in [2.75, 3.05) is 12.3 Å². The van der Waals surface area contributed by atoms with Gasteiger partial charge in [-0.25, -0.2) is 4.79 Å². The molecule has 4 N–H and O–H groups in total. The molecule has 5 heteroatoms. The predicted molar refractivity (Wildman–Crippen MR) is 52.6 cm³/mol. The van der Waals surface area contributed by atoms with Crippen LogP contribution in [0.4, 0.5) is 5.00 Å². The summed E-state index contributed by atoms with van der Waals surface area (Å²) in [5.41, 5.74) is 11.4. The van der Waals surface area contributed by atoms with Crippen molar-refractivity contribution in [3.05, 3.63) is 16.5 Å². The molecule has 4 nitrogen and oxygen atoms in total. The van der Waals surface area contributed by atoms with E-state index in [0.29, 0.717) is 23.7 Å². The molecule has 0 saturated carbocycles. The van der Waals surface area contributed by atoms with Crippen molar-refractivity contribution in [1.29, 1.82) is 0 Å². The van der Waals surface area contributed by atoms with E-state index in [-0.39, 0.29) is 5.97 Å². The largest absolute Gasteiger partial charge is 0.462 e. The van der Waals surface area contributed by atoms with Crippen LogP contribution in [0.3, 0.4) is 0 Å². The molecular weight excluding hydrogens is 188 g/mol. The van der Waals surface area contributed by atoms with Crippen LogP contribution in [-0.4, -0.2) is 12.6 Å². The Kier molecular flexibility index (Phi) is 3.27. The molecule has 0 aromatic carbocycles. The Hall–Kier alpha value is -1.07. The summed E-state index contributed by atoms with van der Waals surface area (Å²) in [6.45, 7) is 2.50. The van der Waals surface area contributed by atoms with E-state index in [1.54, 1.807) is 13.0 Å². The van der Waals surface area contributed by atoms with E-state index in [1.165, 1.54) is 11.3 Å². The fourth-order valence-corrected chi connectivity index (χ4v) is 1.72. The molecule has 0 radical (unpaired) electrons. The first-order valence-corrected chi connectivity index (χ1v) is 4.76. The number of rotatable bonds is 3. The summed E-state index contributed by atoms with van der Waals surface area (Å²) >= 11 is 1.32. The number of carbonyl (C=O) groups excluding carboxylic acids is 1. The van der Waals surface area contributed by atoms with Crippen LogP contribution in [-0.2, 0) is 11.3 Å². The Balaban J connectivity index is 2.87. The number of esters is 1. The molecule has 0 aliphatic heterocycles. The normalized spacial score (nSPS) is 10.0. The number of anilines is 1. The highest BCUT2D eigenvalue weighted by atomic mass is 32.1. The van der Waals surface area contributed by atoms with Crippen LogP contribution in [0, 0.1) is 0 Å². The van der Waals surface area contributed by atoms with Gasteiger partial charge in [-0.3, -0.25) is 0 Å². The lowest BCUT2D eigenvalue weighted by Gasteiger charge is -1.98. The van der Waals surface area contributed by atoms with Crippen LogP contribution in [0.5, 0.6) is 0 Å². The second-order valence-electron chi connectivity index (χ2n) is 2.42. The minimum absolute atomic E-state index is 0.353. The smallest absolute Gasteiger partial charge is 0.341 e. The Morgan fingerprint density at radius 3 is 2.85 bits per heavy atom. The van der Waals surface area contributed by atoms with Crippen molar-refractivity contribution in [3.8, 4) is 0 Å². The third-order valence-corrected chi connectivity index (χ3v) is 2.49. The molecular formula is C8H12N2O2S. The van der Waals surface area contributed by atoms with Crippen molar-refractivity contribution in [2.24, 2.45) is 5.73 Å². The van der Waals surface area contributed by atoms with E-state index in [4.69, 9.17) is 16.2 Å². The van der Waals surface area contributed by atoms with Crippen LogP contribution in [0.1, 0.15) is 22.2 Å². The number of nitrogen functional groups attached to an aromatic ring is 1. The molecule has 1 aromatic rings. The molecule has 0 fully saturated rings. The Morgan fingerprint density at radius 2 is 2.38 bits per heavy atom. The van der Waals surface area contributed by atoms with Crippen LogP contribution in [0.2, 0.25) is 0 Å². The van der Waals surface area contributed by atoms with E-state index in [9.17, 15) is 4.79 Å². The minimum Gasteiger partial charge on any atom is -0.462 e. The molecule has 1 heterocycles. The third kappa shape index (κ3) is 2.19. The molecule has 0 bridgehead atoms. The van der Waals surface area contributed by atoms with Gasteiger partial charge < -0.3 is 16.2 Å². The SMILES string of the molecule is CCOC(=O)c1cc(CN)sc1N. The Bertz CT molecular complexity index is 309. The van der Waals surface area contributed by atoms with E-state index in [2.05, 4.69) is 0 Å². The van der Waals surface area contributed by atoms with Crippen molar-refractivity contribution in [3.63, 3.8) is 0 Å². The average Bonchev–Trinajstić information content (AvgIpc) is 2.47. The maximum atomic E-state index is 11.3. The lowest BCUT2D eigenvalue weighted by molar-refractivity contribution is 0.0528. The summed E-state index contributed by atoms with van der Waals surface area (Å²) in [6, 6.07) is 1.68. The number of hydrogen-bond donors (Lipinski definition) is 2. The van der Waals surface area contributed by atoms with Gasteiger partial charge in [-0.1, -0.05) is 0 Å². The van der Waals surface area contributed by atoms with Crippen molar-refractivity contribution < 1.29 is 9.53 Å². The van der Waals surface area contributed by atoms with Gasteiger partial charge in [0, 0.05) is 11.4 Å². The van der Waals surface area contributed by atoms with Gasteiger partial charge in [-0.2, -0.15) is 0 Å². The average molecular weight is 200 g/mol. The van der Waals surface area contributed by atoms with Crippen LogP contribution < -0.4 is 11.5 Å². The second-order valence-corrected chi connectivity index (χ2v) is 3.58. The van der Waals surface area contributed by atoms with E-state index in [0.717, 1.165) is 4.88 Å². The number of thiophene rings is 1. The quantitative estimate of drug-likeness (QED) is 0.712. The molecule has 0 spiro atoms. The summed E-state index contributed by atoms with van der Waals surface area (Å²) in [4.78, 5) is 12.1. The standard InChI is InChI=1S/C8H12N2O2S/c1-2-12-8(11)6-3-5(4-9)13-7(6)10/h3H,2,4,9-10H2,1H3. The number of nitrogens with two attached hydrogens (primary N) is 2. The van der Waals surface area contributed by atoms with Gasteiger partial charge in [0.1, 0.15) is 5.00 Å². The molecule has 72 valence electrons. The van der Waals surface area contributed by atoms with Gasteiger partial charge in [0.15, 0.2) is 0 Å². The van der Waals surface area contributed by atoms with Gasteiger partial charge in [0.25, 0.3) is 0 Å². The van der Waals surface area contributed by atoms with Gasteiger partial charge in [0.2, 0.25) is 0 Å². The van der Waals surface area contributed by atoms with Gasteiger partial charge >= 0.3 is 5.97 Å². The van der Waals surface area contributed by atoms with Crippen molar-refractivity contribution in [1.82, 2.24) is 0 Å². The zero-order valence-electron chi connectivity index (χ0n) is 7.37. The third-order valence-electron chi connectivity index (χ3n) is 1.51. The summed E-state index contributed by atoms with van der Waals surface area (Å²) in [6.07, 6.45) is 0. The Morgan fingerprint density at radius 1 is 1.69 bits per heavy atom. The number of hydrogen-bond acceptors (Lipinski definition) is 5. The number of ether oxygens (including phenoxy) is 1. The lowest BCUT2D eigenvalue weighted by Crippen LogP contribution is -2.05. The first-order valence-electron chi connectivity index (χ1n) is 3.94. The summed E-state index contributed by atoms with van der Waals surface area (Å²) < 4.78 is 4.81. The maximum Gasteiger partial charge on any atom is 0.341 e. The molecule has 0 atom stereocenters. The van der Waals surface area contributed by atoms with Crippen molar-refractivity contribution >= 4 is 22.3 Å². The highest BCUT2D eigenvalue weighted by molar-refractivity contribution is 7.16. The van der Waals surface area contributed by atoms with Crippen molar-refractivity contribution in [2.45, 2.75) is 13.5 Å². The van der Waals surface area contributed by atoms with E-state index >= 15 is 0 Å². The van der Waals surface area contributed by atoms with E-state index < -0.39 is 0 Å². The Labute approximate surface area is 80.5 Å². The monoisotopic (exact) mass is 200 g/mol. The summed E-state index contributed by atoms with van der Waals surface area (Å²) in [7, 11) is 0. The first kappa shape index (κ1) is 10.0. The van der Waals surface area contributed by atoms with Gasteiger partial charge in [-0.05, 0) is 13.0 Å². The van der Waals surface area contributed by atoms with Crippen LogP contribution in [0.15, 0.2) is 6.07 Å². The summed E-state index contributed by atoms with van der Waals surface area (Å²) in [5, 5.41) is 0.471. The zero-order valence-corrected chi connectivity index (χ0v) is 8.19. The van der Waals surface area contributed by atoms with Gasteiger partial charge in [-0.15, -0.1) is 11.3 Å². The fourth-order valence-electron chi connectivity index (χ4n) is 0.927. The molecule has 0 aliphatic rings. The maximum absolute atomic E-state index is 11.3. The zero-order chi connectivity index (χ0) is 9.84. The minimum atomic E-state index is -0.379. The summed E-state index contributed by atoms with van der Waals surface area (Å²) in [5.74, 6) is -0.379. The molecule has 13 heavy (non-hydrogen) atoms. The molecule has 0 unspecified atom stereocenters. The predicted octanol–water partition coefficient (Wildman–Crippen LogP) is 0.966. The first-order chi connectivity index (χ1) is 6.19. The van der Waals surface area contributed by atoms with Crippen LogP contribution >= 0.6 is 11.3 Å².